The predicted molar refractivity (Wildman–Crippen MR) is 257 cm³/mol. The van der Waals surface area contributed by atoms with Crippen LogP contribution in [0.3, 0.4) is 0 Å². The molecule has 0 spiro atoms. The van der Waals surface area contributed by atoms with Gasteiger partial charge in [0.05, 0.1) is 0 Å². The third-order valence-corrected chi connectivity index (χ3v) is 21.1. The second-order valence-corrected chi connectivity index (χ2v) is 27.7. The Morgan fingerprint density at radius 1 is 0.450 bits per heavy atom. The van der Waals surface area contributed by atoms with Gasteiger partial charge in [0.1, 0.15) is 0 Å². The minimum atomic E-state index is -3.04. The first-order chi connectivity index (χ1) is 28.3. The standard InChI is InChI=1S/C33H33.C21H26.C5H5.Zr/c1-32(2,3)30-20-26-24(18-28(30)22-13-9-7-10-14-22)17-25-19-29(23-15-11-8-12-16-23)31(21-27(25)26)33(4,5)6;1-20(2,3)18-11-7-16(8-12-18)15-17-9-13-19(14-10-17)21(4,5)6;1-2-4-5-3-1;/h7-21H,1-6H3;7-14H,1-6H3;1-3H,4H2;. The first kappa shape index (κ1) is 42.3. The van der Waals surface area contributed by atoms with Crippen LogP contribution < -0.4 is 0 Å². The minimum absolute atomic E-state index is 0.0460. The van der Waals surface area contributed by atoms with Crippen molar-refractivity contribution in [1.82, 2.24) is 0 Å². The fraction of sp³-hybridized carbons (Fsp3) is 0.305. The van der Waals surface area contributed by atoms with Crippen molar-refractivity contribution in [3.05, 3.63) is 199 Å². The Bertz CT molecular complexity index is 2470. The normalized spacial score (nSPS) is 14.2. The van der Waals surface area contributed by atoms with Gasteiger partial charge < -0.3 is 0 Å². The predicted octanol–water partition coefficient (Wildman–Crippen LogP) is 16.0. The van der Waals surface area contributed by atoms with Crippen molar-refractivity contribution in [3.8, 4) is 33.4 Å². The Morgan fingerprint density at radius 3 is 1.18 bits per heavy atom. The van der Waals surface area contributed by atoms with E-state index in [1.807, 2.05) is 0 Å². The van der Waals surface area contributed by atoms with Crippen molar-refractivity contribution in [3.63, 3.8) is 0 Å². The van der Waals surface area contributed by atoms with Crippen LogP contribution in [0.25, 0.3) is 33.4 Å². The summed E-state index contributed by atoms with van der Waals surface area (Å²) in [5.41, 5.74) is 19.6. The maximum atomic E-state index is 2.65. The van der Waals surface area contributed by atoms with Crippen LogP contribution in [0.15, 0.2) is 155 Å². The molecule has 1 heteroatoms. The molecule has 0 radical (unpaired) electrons. The summed E-state index contributed by atoms with van der Waals surface area (Å²) in [4.78, 5) is 0. The SMILES string of the molecule is CC(C)(C)c1ccc([C](c2ccc(C(C)(C)C)cc2)=[Zr]([C]2=CC=CC2)[CH]2c3cc(-c4ccccc4)c(C(C)(C)C)cc3-c3cc(C(C)(C)C)c(-c4ccccc4)cc32)cc1. The molecule has 0 N–H and O–H groups in total. The van der Waals surface area contributed by atoms with E-state index in [4.69, 9.17) is 0 Å². The monoisotopic (exact) mass is 862 g/mol. The zero-order valence-electron chi connectivity index (χ0n) is 38.2. The first-order valence-electron chi connectivity index (χ1n) is 22.1. The van der Waals surface area contributed by atoms with Gasteiger partial charge >= 0.3 is 372 Å². The third kappa shape index (κ3) is 8.17. The molecule has 0 heterocycles. The van der Waals surface area contributed by atoms with Gasteiger partial charge in [0.15, 0.2) is 0 Å². The van der Waals surface area contributed by atoms with Crippen LogP contribution in [0.4, 0.5) is 0 Å². The molecule has 2 aliphatic rings. The molecule has 304 valence electrons. The fourth-order valence-electron chi connectivity index (χ4n) is 9.50. The molecule has 0 atom stereocenters. The second kappa shape index (κ2) is 15.8. The van der Waals surface area contributed by atoms with E-state index in [9.17, 15) is 0 Å². The van der Waals surface area contributed by atoms with Gasteiger partial charge in [-0.3, -0.25) is 0 Å². The quantitative estimate of drug-likeness (QED) is 0.156. The summed E-state index contributed by atoms with van der Waals surface area (Å²) in [5, 5.41) is 0. The molecule has 0 aliphatic heterocycles. The summed E-state index contributed by atoms with van der Waals surface area (Å²) in [7, 11) is 0. The summed E-state index contributed by atoms with van der Waals surface area (Å²) in [5.74, 6) is 0. The van der Waals surface area contributed by atoms with Gasteiger partial charge in [-0.05, 0) is 0 Å². The Morgan fingerprint density at radius 2 is 0.850 bits per heavy atom. The molecule has 0 fully saturated rings. The zero-order valence-corrected chi connectivity index (χ0v) is 40.7. The molecule has 0 saturated carbocycles. The van der Waals surface area contributed by atoms with Crippen molar-refractivity contribution in [2.45, 2.75) is 115 Å². The van der Waals surface area contributed by atoms with E-state index in [0.717, 1.165) is 6.42 Å². The molecular formula is C59H64Zr. The Balaban J connectivity index is 1.54. The van der Waals surface area contributed by atoms with Crippen LogP contribution in [0.1, 0.15) is 138 Å². The van der Waals surface area contributed by atoms with Crippen molar-refractivity contribution < 1.29 is 21.3 Å². The van der Waals surface area contributed by atoms with E-state index >= 15 is 0 Å². The van der Waals surface area contributed by atoms with E-state index in [0.29, 0.717) is 0 Å². The number of fused-ring (bicyclic) bond motifs is 3. The van der Waals surface area contributed by atoms with Crippen LogP contribution in [0.2, 0.25) is 0 Å². The topological polar surface area (TPSA) is 0 Å². The average molecular weight is 864 g/mol. The van der Waals surface area contributed by atoms with Gasteiger partial charge in [-0.25, -0.2) is 0 Å². The second-order valence-electron chi connectivity index (χ2n) is 21.4. The Kier molecular flexibility index (Phi) is 11.1. The molecule has 60 heavy (non-hydrogen) atoms. The van der Waals surface area contributed by atoms with Crippen molar-refractivity contribution >= 4 is 3.21 Å². The van der Waals surface area contributed by atoms with E-state index in [1.165, 1.54) is 77.9 Å². The van der Waals surface area contributed by atoms with Gasteiger partial charge in [0.2, 0.25) is 0 Å². The Labute approximate surface area is 369 Å². The maximum absolute atomic E-state index is 3.04. The molecule has 0 amide bonds. The van der Waals surface area contributed by atoms with Gasteiger partial charge in [-0.1, -0.05) is 0 Å². The summed E-state index contributed by atoms with van der Waals surface area (Å²) >= 11 is -3.04. The van der Waals surface area contributed by atoms with Gasteiger partial charge in [-0.2, -0.15) is 0 Å². The van der Waals surface area contributed by atoms with Gasteiger partial charge in [0, 0.05) is 0 Å². The van der Waals surface area contributed by atoms with E-state index in [-0.39, 0.29) is 25.3 Å². The molecule has 0 bridgehead atoms. The Hall–Kier alpha value is -4.45. The van der Waals surface area contributed by atoms with Crippen molar-refractivity contribution in [2.75, 3.05) is 0 Å². The van der Waals surface area contributed by atoms with Crippen molar-refractivity contribution in [1.29, 1.82) is 0 Å². The van der Waals surface area contributed by atoms with Gasteiger partial charge in [-0.15, -0.1) is 0 Å². The number of allylic oxidation sites excluding steroid dienone is 4. The van der Waals surface area contributed by atoms with Crippen molar-refractivity contribution in [2.24, 2.45) is 0 Å². The summed E-state index contributed by atoms with van der Waals surface area (Å²) in [6, 6.07) is 52.4. The number of hydrogen-bond acceptors (Lipinski definition) is 0. The van der Waals surface area contributed by atoms with E-state index < -0.39 is 21.3 Å². The summed E-state index contributed by atoms with van der Waals surface area (Å²) in [6.45, 7) is 28.3. The van der Waals surface area contributed by atoms with Crippen LogP contribution >= 0.6 is 0 Å². The van der Waals surface area contributed by atoms with Gasteiger partial charge in [0.25, 0.3) is 0 Å². The molecule has 2 aliphatic carbocycles. The molecule has 6 aromatic carbocycles. The molecule has 0 aromatic heterocycles. The third-order valence-electron chi connectivity index (χ3n) is 12.8. The molecule has 8 rings (SSSR count). The zero-order chi connectivity index (χ0) is 42.8. The van der Waals surface area contributed by atoms with Crippen LogP contribution in [-0.4, -0.2) is 3.21 Å². The molecular weight excluding hydrogens is 800 g/mol. The van der Waals surface area contributed by atoms with E-state index in [2.05, 4.69) is 235 Å². The summed E-state index contributed by atoms with van der Waals surface area (Å²) < 4.78 is 3.54. The van der Waals surface area contributed by atoms with Crippen LogP contribution in [0.5, 0.6) is 0 Å². The molecule has 0 saturated heterocycles. The van der Waals surface area contributed by atoms with Crippen LogP contribution in [-0.2, 0) is 42.9 Å². The molecule has 6 aromatic rings. The number of rotatable bonds is 6. The average Bonchev–Trinajstić information content (AvgIpc) is 3.85. The summed E-state index contributed by atoms with van der Waals surface area (Å²) in [6.07, 6.45) is 8.29. The first-order valence-corrected chi connectivity index (χ1v) is 26.0. The molecule has 0 nitrogen and oxygen atoms in total. The fourth-order valence-corrected chi connectivity index (χ4v) is 18.5. The van der Waals surface area contributed by atoms with E-state index in [1.54, 1.807) is 6.49 Å². The number of benzene rings is 6. The van der Waals surface area contributed by atoms with Crippen LogP contribution in [0, 0.1) is 0 Å². The number of hydrogen-bond donors (Lipinski definition) is 0. The molecule has 0 unspecified atom stereocenters.